The predicted molar refractivity (Wildman–Crippen MR) is 76.7 cm³/mol. The van der Waals surface area contributed by atoms with Crippen LogP contribution in [0.3, 0.4) is 0 Å². The summed E-state index contributed by atoms with van der Waals surface area (Å²) in [7, 11) is 0. The van der Waals surface area contributed by atoms with E-state index in [1.54, 1.807) is 18.2 Å². The summed E-state index contributed by atoms with van der Waals surface area (Å²) in [5.74, 6) is -0.309. The lowest BCUT2D eigenvalue weighted by Gasteiger charge is -2.18. The van der Waals surface area contributed by atoms with E-state index in [0.717, 1.165) is 6.42 Å². The number of halogens is 2. The summed E-state index contributed by atoms with van der Waals surface area (Å²) in [4.78, 5) is 26.5. The lowest BCUT2D eigenvalue weighted by atomic mass is 9.85. The predicted octanol–water partition coefficient (Wildman–Crippen LogP) is 3.30. The van der Waals surface area contributed by atoms with Crippen LogP contribution in [0.1, 0.15) is 6.42 Å². The minimum atomic E-state index is -0.215. The maximum Gasteiger partial charge on any atom is 0.238 e. The van der Waals surface area contributed by atoms with Crippen LogP contribution in [0, 0.1) is 23.7 Å². The highest BCUT2D eigenvalue weighted by Gasteiger charge is 2.59. The number of allylic oxidation sites excluding steroid dienone is 2. The third kappa shape index (κ3) is 1.42. The SMILES string of the molecule is O=C1[C@H]2[C@H](C(=O)N1c1cccc(Cl)c1Cl)[C@H]1C=C[C@H]2C1. The van der Waals surface area contributed by atoms with Gasteiger partial charge in [0, 0.05) is 0 Å². The molecule has 2 bridgehead atoms. The Morgan fingerprint density at radius 3 is 2.20 bits per heavy atom. The Labute approximate surface area is 126 Å². The Morgan fingerprint density at radius 1 is 1.00 bits per heavy atom. The highest BCUT2D eigenvalue weighted by molar-refractivity contribution is 6.44. The van der Waals surface area contributed by atoms with Gasteiger partial charge < -0.3 is 0 Å². The fourth-order valence-electron chi connectivity index (χ4n) is 3.80. The number of carbonyl (C=O) groups excluding carboxylic acids is 2. The van der Waals surface area contributed by atoms with Gasteiger partial charge in [-0.3, -0.25) is 9.59 Å². The van der Waals surface area contributed by atoms with E-state index in [4.69, 9.17) is 23.2 Å². The molecule has 2 aliphatic carbocycles. The van der Waals surface area contributed by atoms with Gasteiger partial charge in [0.1, 0.15) is 0 Å². The normalized spacial score (nSPS) is 34.2. The minimum absolute atomic E-state index is 0.138. The average Bonchev–Trinajstić information content (AvgIpc) is 3.09. The number of hydrogen-bond acceptors (Lipinski definition) is 2. The molecule has 3 aliphatic rings. The lowest BCUT2D eigenvalue weighted by molar-refractivity contribution is -0.123. The highest BCUT2D eigenvalue weighted by atomic mass is 35.5. The second-order valence-corrected chi connectivity index (χ2v) is 6.37. The highest BCUT2D eigenvalue weighted by Crippen LogP contribution is 2.53. The minimum Gasteiger partial charge on any atom is -0.274 e. The number of amides is 2. The van der Waals surface area contributed by atoms with Gasteiger partial charge in [-0.1, -0.05) is 41.4 Å². The molecule has 3 nitrogen and oxygen atoms in total. The smallest absolute Gasteiger partial charge is 0.238 e. The Morgan fingerprint density at radius 2 is 1.60 bits per heavy atom. The number of rotatable bonds is 1. The summed E-state index contributed by atoms with van der Waals surface area (Å²) in [5, 5.41) is 0.610. The first kappa shape index (κ1) is 12.4. The maximum atomic E-state index is 12.6. The van der Waals surface area contributed by atoms with Crippen LogP contribution >= 0.6 is 23.2 Å². The summed E-state index contributed by atoms with van der Waals surface area (Å²) in [6.07, 6.45) is 5.06. The molecular weight excluding hydrogens is 297 g/mol. The second-order valence-electron chi connectivity index (χ2n) is 5.58. The van der Waals surface area contributed by atoms with E-state index >= 15 is 0 Å². The first-order chi connectivity index (χ1) is 9.59. The molecule has 0 aromatic heterocycles. The molecule has 1 aromatic carbocycles. The van der Waals surface area contributed by atoms with Crippen LogP contribution in [-0.4, -0.2) is 11.8 Å². The number of anilines is 1. The Hall–Kier alpha value is -1.32. The van der Waals surface area contributed by atoms with Crippen molar-refractivity contribution < 1.29 is 9.59 Å². The number of carbonyl (C=O) groups is 2. The van der Waals surface area contributed by atoms with E-state index in [2.05, 4.69) is 12.2 Å². The standard InChI is InChI=1S/C15H11Cl2NO2/c16-9-2-1-3-10(13(9)17)18-14(19)11-7-4-5-8(6-7)12(11)15(18)20/h1-5,7-8,11-12H,6H2/t7-,8-,11+,12+/m0/s1. The van der Waals surface area contributed by atoms with Crippen molar-refractivity contribution in [1.29, 1.82) is 0 Å². The van der Waals surface area contributed by atoms with Crippen molar-refractivity contribution in [2.45, 2.75) is 6.42 Å². The molecule has 2 amide bonds. The summed E-state index contributed by atoms with van der Waals surface area (Å²) in [6, 6.07) is 5.01. The van der Waals surface area contributed by atoms with Crippen molar-refractivity contribution >= 4 is 40.7 Å². The summed E-state index contributed by atoms with van der Waals surface area (Å²) >= 11 is 12.1. The molecule has 20 heavy (non-hydrogen) atoms. The van der Waals surface area contributed by atoms with Gasteiger partial charge in [-0.2, -0.15) is 0 Å². The monoisotopic (exact) mass is 307 g/mol. The molecule has 2 fully saturated rings. The van der Waals surface area contributed by atoms with Gasteiger partial charge in [-0.05, 0) is 30.4 Å². The number of imide groups is 1. The van der Waals surface area contributed by atoms with Gasteiger partial charge in [0.2, 0.25) is 11.8 Å². The van der Waals surface area contributed by atoms with E-state index in [0.29, 0.717) is 10.7 Å². The zero-order chi connectivity index (χ0) is 14.0. The summed E-state index contributed by atoms with van der Waals surface area (Å²) in [5.41, 5.74) is 0.406. The zero-order valence-electron chi connectivity index (χ0n) is 10.4. The Balaban J connectivity index is 1.80. The van der Waals surface area contributed by atoms with Crippen molar-refractivity contribution in [3.63, 3.8) is 0 Å². The molecule has 4 atom stereocenters. The fraction of sp³-hybridized carbons (Fsp3) is 0.333. The van der Waals surface area contributed by atoms with E-state index in [-0.39, 0.29) is 40.5 Å². The molecule has 0 N–H and O–H groups in total. The van der Waals surface area contributed by atoms with Gasteiger partial charge in [0.15, 0.2) is 0 Å². The van der Waals surface area contributed by atoms with Crippen molar-refractivity contribution in [3.8, 4) is 0 Å². The molecule has 5 heteroatoms. The molecule has 1 aliphatic heterocycles. The molecule has 1 saturated heterocycles. The van der Waals surface area contributed by atoms with Crippen LogP contribution in [-0.2, 0) is 9.59 Å². The molecule has 4 rings (SSSR count). The van der Waals surface area contributed by atoms with E-state index in [1.165, 1.54) is 4.90 Å². The molecular formula is C15H11Cl2NO2. The molecule has 0 spiro atoms. The van der Waals surface area contributed by atoms with Crippen molar-refractivity contribution in [3.05, 3.63) is 40.4 Å². The maximum absolute atomic E-state index is 12.6. The molecule has 1 heterocycles. The topological polar surface area (TPSA) is 37.4 Å². The van der Waals surface area contributed by atoms with Crippen LogP contribution in [0.15, 0.2) is 30.4 Å². The molecule has 0 unspecified atom stereocenters. The Kier molecular flexibility index (Phi) is 2.54. The first-order valence-electron chi connectivity index (χ1n) is 6.59. The fourth-order valence-corrected chi connectivity index (χ4v) is 4.18. The Bertz CT molecular complexity index is 640. The molecule has 1 saturated carbocycles. The summed E-state index contributed by atoms with van der Waals surface area (Å²) < 4.78 is 0. The van der Waals surface area contributed by atoms with Gasteiger partial charge in [0.05, 0.1) is 27.6 Å². The number of benzene rings is 1. The molecule has 1 aromatic rings. The van der Waals surface area contributed by atoms with Crippen molar-refractivity contribution in [1.82, 2.24) is 0 Å². The van der Waals surface area contributed by atoms with Crippen molar-refractivity contribution in [2.24, 2.45) is 23.7 Å². The van der Waals surface area contributed by atoms with Crippen molar-refractivity contribution in [2.75, 3.05) is 4.90 Å². The van der Waals surface area contributed by atoms with E-state index in [1.807, 2.05) is 0 Å². The quantitative estimate of drug-likeness (QED) is 0.589. The number of hydrogen-bond donors (Lipinski definition) is 0. The third-order valence-corrected chi connectivity index (χ3v) is 5.45. The van der Waals surface area contributed by atoms with Crippen LogP contribution in [0.5, 0.6) is 0 Å². The van der Waals surface area contributed by atoms with Crippen LogP contribution < -0.4 is 4.90 Å². The molecule has 0 radical (unpaired) electrons. The third-order valence-electron chi connectivity index (χ3n) is 4.64. The van der Waals surface area contributed by atoms with Gasteiger partial charge in [-0.25, -0.2) is 4.90 Å². The van der Waals surface area contributed by atoms with E-state index in [9.17, 15) is 9.59 Å². The number of nitrogens with zero attached hydrogens (tertiary/aromatic N) is 1. The van der Waals surface area contributed by atoms with Crippen LogP contribution in [0.4, 0.5) is 5.69 Å². The number of fused-ring (bicyclic) bond motifs is 5. The van der Waals surface area contributed by atoms with Crippen LogP contribution in [0.25, 0.3) is 0 Å². The largest absolute Gasteiger partial charge is 0.274 e. The van der Waals surface area contributed by atoms with Gasteiger partial charge in [-0.15, -0.1) is 0 Å². The lowest BCUT2D eigenvalue weighted by Crippen LogP contribution is -2.33. The van der Waals surface area contributed by atoms with Gasteiger partial charge >= 0.3 is 0 Å². The average molecular weight is 308 g/mol. The van der Waals surface area contributed by atoms with Gasteiger partial charge in [0.25, 0.3) is 0 Å². The summed E-state index contributed by atoms with van der Waals surface area (Å²) in [6.45, 7) is 0. The van der Waals surface area contributed by atoms with E-state index < -0.39 is 0 Å². The zero-order valence-corrected chi connectivity index (χ0v) is 11.9. The first-order valence-corrected chi connectivity index (χ1v) is 7.35. The second kappa shape index (κ2) is 4.09. The van der Waals surface area contributed by atoms with Crippen LogP contribution in [0.2, 0.25) is 10.0 Å². The molecule has 102 valence electrons.